The summed E-state index contributed by atoms with van der Waals surface area (Å²) in [5.74, 6) is 1.04. The van der Waals surface area contributed by atoms with E-state index in [0.29, 0.717) is 15.8 Å². The van der Waals surface area contributed by atoms with Gasteiger partial charge in [0, 0.05) is 0 Å². The maximum atomic E-state index is 8.93. The van der Waals surface area contributed by atoms with Crippen molar-refractivity contribution in [3.8, 4) is 17.7 Å². The molecular weight excluding hydrogens is 344 g/mol. The Balaban J connectivity index is 2.49. The third kappa shape index (κ3) is 2.84. The van der Waals surface area contributed by atoms with Crippen LogP contribution in [0.4, 0.5) is 5.82 Å². The van der Waals surface area contributed by atoms with Crippen LogP contribution in [0.1, 0.15) is 16.7 Å². The number of halogens is 2. The minimum Gasteiger partial charge on any atom is -0.437 e. The van der Waals surface area contributed by atoms with Gasteiger partial charge in [-0.15, -0.1) is 0 Å². The van der Waals surface area contributed by atoms with Gasteiger partial charge in [-0.2, -0.15) is 15.2 Å². The summed E-state index contributed by atoms with van der Waals surface area (Å²) < 4.78 is 6.20. The second kappa shape index (κ2) is 5.65. The predicted molar refractivity (Wildman–Crippen MR) is 79.9 cm³/mol. The number of nitrogens with zero attached hydrogens (tertiary/aromatic N) is 3. The number of benzene rings is 1. The van der Waals surface area contributed by atoms with Gasteiger partial charge in [-0.1, -0.05) is 0 Å². The molecule has 0 bridgehead atoms. The maximum absolute atomic E-state index is 8.93. The first-order valence-electron chi connectivity index (χ1n) is 5.60. The van der Waals surface area contributed by atoms with Crippen molar-refractivity contribution < 1.29 is 4.74 Å². The topological polar surface area (TPSA) is 84.8 Å². The smallest absolute Gasteiger partial charge is 0.240 e. The first-order valence-corrected chi connectivity index (χ1v) is 6.77. The molecule has 2 rings (SSSR count). The molecule has 102 valence electrons. The molecule has 0 aliphatic rings. The van der Waals surface area contributed by atoms with Gasteiger partial charge in [0.2, 0.25) is 11.2 Å². The van der Waals surface area contributed by atoms with Crippen molar-refractivity contribution in [2.24, 2.45) is 0 Å². The summed E-state index contributed by atoms with van der Waals surface area (Å²) in [5, 5.41) is 8.94. The quantitative estimate of drug-likeness (QED) is 0.831. The van der Waals surface area contributed by atoms with Gasteiger partial charge in [0.25, 0.3) is 0 Å². The number of hydrogen-bond donors (Lipinski definition) is 1. The lowest BCUT2D eigenvalue weighted by molar-refractivity contribution is 0.452. The molecule has 0 spiro atoms. The highest BCUT2D eigenvalue weighted by molar-refractivity contribution is 9.10. The highest BCUT2D eigenvalue weighted by Gasteiger charge is 2.14. The minimum absolute atomic E-state index is 0.00431. The van der Waals surface area contributed by atoms with Gasteiger partial charge in [-0.05, 0) is 64.6 Å². The van der Waals surface area contributed by atoms with Crippen molar-refractivity contribution in [2.45, 2.75) is 13.8 Å². The molecule has 20 heavy (non-hydrogen) atoms. The summed E-state index contributed by atoms with van der Waals surface area (Å²) in [4.78, 5) is 7.80. The Bertz CT molecular complexity index is 704. The normalized spacial score (nSPS) is 10.2. The number of ether oxygens (including phenoxy) is 1. The summed E-state index contributed by atoms with van der Waals surface area (Å²) >= 11 is 9.03. The Kier molecular flexibility index (Phi) is 4.12. The Hall–Kier alpha value is -1.84. The van der Waals surface area contributed by atoms with E-state index in [1.165, 1.54) is 0 Å². The number of rotatable bonds is 2. The number of nitrogen functional groups attached to an aromatic ring is 1. The van der Waals surface area contributed by atoms with Gasteiger partial charge < -0.3 is 10.5 Å². The van der Waals surface area contributed by atoms with Crippen LogP contribution in [0.15, 0.2) is 16.6 Å². The van der Waals surface area contributed by atoms with Crippen LogP contribution in [0.25, 0.3) is 0 Å². The fourth-order valence-corrected chi connectivity index (χ4v) is 2.18. The summed E-state index contributed by atoms with van der Waals surface area (Å²) in [6.07, 6.45) is 0. The molecule has 1 aromatic heterocycles. The second-order valence-electron chi connectivity index (χ2n) is 4.15. The van der Waals surface area contributed by atoms with Gasteiger partial charge in [0.15, 0.2) is 0 Å². The number of nitriles is 1. The van der Waals surface area contributed by atoms with Crippen molar-refractivity contribution in [2.75, 3.05) is 5.73 Å². The first kappa shape index (κ1) is 14.6. The monoisotopic (exact) mass is 352 g/mol. The average molecular weight is 354 g/mol. The summed E-state index contributed by atoms with van der Waals surface area (Å²) in [5.41, 5.74) is 7.91. The highest BCUT2D eigenvalue weighted by atomic mass is 79.9. The Morgan fingerprint density at radius 3 is 2.45 bits per heavy atom. The molecule has 1 heterocycles. The lowest BCUT2D eigenvalue weighted by atomic mass is 10.1. The van der Waals surface area contributed by atoms with Crippen LogP contribution in [0.5, 0.6) is 11.6 Å². The van der Waals surface area contributed by atoms with Gasteiger partial charge in [0.05, 0.1) is 11.6 Å². The van der Waals surface area contributed by atoms with Crippen LogP contribution < -0.4 is 10.5 Å². The largest absolute Gasteiger partial charge is 0.437 e. The average Bonchev–Trinajstić information content (AvgIpc) is 2.38. The molecule has 0 aliphatic carbocycles. The van der Waals surface area contributed by atoms with Crippen LogP contribution >= 0.6 is 27.5 Å². The summed E-state index contributed by atoms with van der Waals surface area (Å²) in [7, 11) is 0. The Labute approximate surface area is 129 Å². The first-order chi connectivity index (χ1) is 9.42. The zero-order valence-electron chi connectivity index (χ0n) is 10.7. The molecule has 0 amide bonds. The molecule has 0 aliphatic heterocycles. The highest BCUT2D eigenvalue weighted by Crippen LogP contribution is 2.35. The van der Waals surface area contributed by atoms with E-state index in [1.54, 1.807) is 12.1 Å². The molecule has 0 saturated carbocycles. The Morgan fingerprint density at radius 2 is 1.90 bits per heavy atom. The van der Waals surface area contributed by atoms with Gasteiger partial charge in [0.1, 0.15) is 16.0 Å². The van der Waals surface area contributed by atoms with Crippen LogP contribution in [0.2, 0.25) is 5.28 Å². The molecular formula is C13H10BrClN4O. The zero-order chi connectivity index (χ0) is 14.9. The molecule has 0 atom stereocenters. The second-order valence-corrected chi connectivity index (χ2v) is 5.28. The SMILES string of the molecule is Cc1cc(C#N)cc(C)c1Oc1nc(Cl)nc(N)c1Br. The van der Waals surface area contributed by atoms with E-state index in [4.69, 9.17) is 27.3 Å². The van der Waals surface area contributed by atoms with E-state index in [0.717, 1.165) is 11.1 Å². The van der Waals surface area contributed by atoms with Crippen LogP contribution in [-0.4, -0.2) is 9.97 Å². The number of anilines is 1. The number of aromatic nitrogens is 2. The number of aryl methyl sites for hydroxylation is 2. The van der Waals surface area contributed by atoms with E-state index in [1.807, 2.05) is 13.8 Å². The van der Waals surface area contributed by atoms with Crippen molar-refractivity contribution in [3.05, 3.63) is 38.6 Å². The van der Waals surface area contributed by atoms with E-state index in [2.05, 4.69) is 32.0 Å². The lowest BCUT2D eigenvalue weighted by Gasteiger charge is -2.13. The van der Waals surface area contributed by atoms with Crippen LogP contribution in [-0.2, 0) is 0 Å². The molecule has 2 aromatic rings. The van der Waals surface area contributed by atoms with Gasteiger partial charge in [-0.25, -0.2) is 0 Å². The molecule has 0 saturated heterocycles. The third-order valence-corrected chi connectivity index (χ3v) is 3.52. The van der Waals surface area contributed by atoms with Gasteiger partial charge >= 0.3 is 0 Å². The van der Waals surface area contributed by atoms with E-state index in [-0.39, 0.29) is 17.0 Å². The molecule has 2 N–H and O–H groups in total. The number of hydrogen-bond acceptors (Lipinski definition) is 5. The molecule has 5 nitrogen and oxygen atoms in total. The van der Waals surface area contributed by atoms with Crippen molar-refractivity contribution in [3.63, 3.8) is 0 Å². The van der Waals surface area contributed by atoms with E-state index >= 15 is 0 Å². The van der Waals surface area contributed by atoms with Crippen LogP contribution in [0, 0.1) is 25.2 Å². The van der Waals surface area contributed by atoms with Crippen LogP contribution in [0.3, 0.4) is 0 Å². The predicted octanol–water partition coefficient (Wildman–Crippen LogP) is 3.76. The molecule has 7 heteroatoms. The molecule has 0 unspecified atom stereocenters. The summed E-state index contributed by atoms with van der Waals surface area (Å²) in [6.45, 7) is 3.70. The van der Waals surface area contributed by atoms with Crippen molar-refractivity contribution in [1.29, 1.82) is 5.26 Å². The van der Waals surface area contributed by atoms with Gasteiger partial charge in [-0.3, -0.25) is 0 Å². The third-order valence-electron chi connectivity index (χ3n) is 2.61. The standard InChI is InChI=1S/C13H10BrClN4O/c1-6-3-8(5-16)4-7(2)10(6)20-12-9(14)11(17)18-13(15)19-12/h3-4H,1-2H3,(H2,17,18,19). The Morgan fingerprint density at radius 1 is 1.30 bits per heavy atom. The fourth-order valence-electron chi connectivity index (χ4n) is 1.76. The molecule has 1 aromatic carbocycles. The maximum Gasteiger partial charge on any atom is 0.240 e. The zero-order valence-corrected chi connectivity index (χ0v) is 13.1. The minimum atomic E-state index is 0.00431. The van der Waals surface area contributed by atoms with Crippen molar-refractivity contribution in [1.82, 2.24) is 9.97 Å². The summed E-state index contributed by atoms with van der Waals surface area (Å²) in [6, 6.07) is 5.57. The van der Waals surface area contributed by atoms with E-state index in [9.17, 15) is 0 Å². The van der Waals surface area contributed by atoms with E-state index < -0.39 is 0 Å². The number of nitrogens with two attached hydrogens (primary N) is 1. The van der Waals surface area contributed by atoms with Crippen molar-refractivity contribution >= 4 is 33.3 Å². The lowest BCUT2D eigenvalue weighted by Crippen LogP contribution is -2.00. The fraction of sp³-hybridized carbons (Fsp3) is 0.154. The molecule has 0 fully saturated rings. The molecule has 0 radical (unpaired) electrons.